The highest BCUT2D eigenvalue weighted by molar-refractivity contribution is 6.20. The zero-order valence-corrected chi connectivity index (χ0v) is 32.5. The third kappa shape index (κ3) is 5.01. The first-order valence-corrected chi connectivity index (χ1v) is 20.1. The fourth-order valence-corrected chi connectivity index (χ4v) is 9.47. The molecular weight excluding hydrogens is 721 g/mol. The van der Waals surface area contributed by atoms with Crippen LogP contribution >= 0.6 is 0 Å². The van der Waals surface area contributed by atoms with E-state index in [4.69, 9.17) is 19.4 Å². The monoisotopic (exact) mass is 756 g/mol. The lowest BCUT2D eigenvalue weighted by atomic mass is 9.82. The van der Waals surface area contributed by atoms with Crippen molar-refractivity contribution in [2.45, 2.75) is 19.3 Å². The summed E-state index contributed by atoms with van der Waals surface area (Å²) in [6.45, 7) is 4.69. The molecule has 8 aromatic carbocycles. The lowest BCUT2D eigenvalue weighted by Gasteiger charge is -2.21. The first kappa shape index (κ1) is 33.5. The van der Waals surface area contributed by atoms with Crippen molar-refractivity contribution in [3.63, 3.8) is 0 Å². The molecule has 278 valence electrons. The average molecular weight is 757 g/mol. The first-order valence-electron chi connectivity index (χ1n) is 20.1. The maximum absolute atomic E-state index is 6.89. The third-order valence-electron chi connectivity index (χ3n) is 12.3. The number of aromatic nitrogens is 4. The summed E-state index contributed by atoms with van der Waals surface area (Å²) in [6, 6.07) is 64.0. The van der Waals surface area contributed by atoms with E-state index in [0.29, 0.717) is 17.5 Å². The van der Waals surface area contributed by atoms with Crippen LogP contribution < -0.4 is 0 Å². The van der Waals surface area contributed by atoms with Crippen LogP contribution in [0.15, 0.2) is 186 Å². The molecule has 11 aromatic rings. The van der Waals surface area contributed by atoms with E-state index in [1.54, 1.807) is 0 Å². The van der Waals surface area contributed by atoms with Crippen molar-refractivity contribution < 1.29 is 4.42 Å². The number of hydrogen-bond donors (Lipinski definition) is 0. The Balaban J connectivity index is 1.11. The molecule has 3 aromatic heterocycles. The van der Waals surface area contributed by atoms with E-state index in [2.05, 4.69) is 152 Å². The molecule has 0 atom stereocenters. The second kappa shape index (κ2) is 12.7. The highest BCUT2D eigenvalue weighted by Crippen LogP contribution is 2.53. The van der Waals surface area contributed by atoms with Crippen molar-refractivity contribution >= 4 is 43.7 Å². The van der Waals surface area contributed by atoms with Crippen molar-refractivity contribution in [2.24, 2.45) is 0 Å². The maximum atomic E-state index is 6.89. The molecule has 0 N–H and O–H groups in total. The van der Waals surface area contributed by atoms with Crippen LogP contribution in [-0.2, 0) is 5.41 Å². The van der Waals surface area contributed by atoms with E-state index in [1.165, 1.54) is 33.0 Å². The minimum Gasteiger partial charge on any atom is -0.455 e. The Morgan fingerprint density at radius 2 is 1.02 bits per heavy atom. The molecule has 5 heteroatoms. The van der Waals surface area contributed by atoms with Crippen molar-refractivity contribution in [1.29, 1.82) is 0 Å². The van der Waals surface area contributed by atoms with Gasteiger partial charge in [-0.3, -0.25) is 0 Å². The number of fused-ring (bicyclic) bond motifs is 10. The molecule has 0 saturated carbocycles. The second-order valence-electron chi connectivity index (χ2n) is 16.0. The lowest BCUT2D eigenvalue weighted by Crippen LogP contribution is -2.14. The third-order valence-corrected chi connectivity index (χ3v) is 12.3. The summed E-state index contributed by atoms with van der Waals surface area (Å²) in [6.07, 6.45) is 0. The van der Waals surface area contributed by atoms with Gasteiger partial charge in [0.2, 0.25) is 0 Å². The van der Waals surface area contributed by atoms with Gasteiger partial charge in [0.1, 0.15) is 11.2 Å². The van der Waals surface area contributed by atoms with Crippen LogP contribution in [0, 0.1) is 0 Å². The standard InChI is InChI=1S/C54H36N4O/c1-54(2)41-22-12-9-19-37(41)47-42(54)30-32-44-48(47)38-20-10-13-23-43(38)58(44)45-31-29-40(50-49(45)39-21-11-14-24-46(39)59-50)53-56-51(35-17-7-4-8-18-35)55-52(57-53)36-27-25-34(26-28-36)33-15-5-3-6-16-33/h3-32H,1-2H3. The summed E-state index contributed by atoms with van der Waals surface area (Å²) in [7, 11) is 0. The molecule has 0 unspecified atom stereocenters. The smallest absolute Gasteiger partial charge is 0.167 e. The SMILES string of the molecule is CC1(C)c2ccccc2-c2c1ccc1c2c2ccccc2n1-c1ccc(-c2nc(-c3ccccc3)nc(-c3ccc(-c4ccccc4)cc3)n2)c2oc3ccccc3c12. The van der Waals surface area contributed by atoms with Gasteiger partial charge in [-0.1, -0.05) is 166 Å². The summed E-state index contributed by atoms with van der Waals surface area (Å²) in [4.78, 5) is 15.4. The molecule has 0 radical (unpaired) electrons. The summed E-state index contributed by atoms with van der Waals surface area (Å²) >= 11 is 0. The fourth-order valence-electron chi connectivity index (χ4n) is 9.47. The van der Waals surface area contributed by atoms with Gasteiger partial charge < -0.3 is 8.98 Å². The summed E-state index contributed by atoms with van der Waals surface area (Å²) < 4.78 is 9.32. The Bertz CT molecular complexity index is 3450. The molecule has 12 rings (SSSR count). The fraction of sp³-hybridized carbons (Fsp3) is 0.0556. The normalized spacial score (nSPS) is 13.1. The van der Waals surface area contributed by atoms with E-state index in [9.17, 15) is 0 Å². The molecule has 0 fully saturated rings. The van der Waals surface area contributed by atoms with Crippen LogP contribution in [0.3, 0.4) is 0 Å². The summed E-state index contributed by atoms with van der Waals surface area (Å²) in [5.74, 6) is 1.75. The maximum Gasteiger partial charge on any atom is 0.167 e. The van der Waals surface area contributed by atoms with Crippen LogP contribution in [0.2, 0.25) is 0 Å². The van der Waals surface area contributed by atoms with Crippen LogP contribution in [0.5, 0.6) is 0 Å². The number of rotatable bonds is 5. The molecule has 0 aliphatic heterocycles. The van der Waals surface area contributed by atoms with E-state index in [-0.39, 0.29) is 5.41 Å². The quantitative estimate of drug-likeness (QED) is 0.175. The predicted octanol–water partition coefficient (Wildman–Crippen LogP) is 13.8. The van der Waals surface area contributed by atoms with Gasteiger partial charge in [-0.2, -0.15) is 0 Å². The van der Waals surface area contributed by atoms with Gasteiger partial charge in [-0.25, -0.2) is 15.0 Å². The summed E-state index contributed by atoms with van der Waals surface area (Å²) in [5, 5.41) is 4.54. The van der Waals surface area contributed by atoms with Gasteiger partial charge in [0.25, 0.3) is 0 Å². The Morgan fingerprint density at radius 1 is 0.424 bits per heavy atom. The molecule has 0 spiro atoms. The van der Waals surface area contributed by atoms with Crippen molar-refractivity contribution in [3.05, 3.63) is 193 Å². The zero-order valence-electron chi connectivity index (χ0n) is 32.5. The minimum atomic E-state index is -0.106. The molecular formula is C54H36N4O. The van der Waals surface area contributed by atoms with Gasteiger partial charge in [-0.05, 0) is 63.7 Å². The average Bonchev–Trinajstić information content (AvgIpc) is 3.93. The Kier molecular flexibility index (Phi) is 7.20. The predicted molar refractivity (Wildman–Crippen MR) is 241 cm³/mol. The number of nitrogens with zero attached hydrogens (tertiary/aromatic N) is 4. The molecule has 59 heavy (non-hydrogen) atoms. The molecule has 0 bridgehead atoms. The van der Waals surface area contributed by atoms with Gasteiger partial charge in [0, 0.05) is 32.7 Å². The van der Waals surface area contributed by atoms with Gasteiger partial charge in [0.15, 0.2) is 17.5 Å². The topological polar surface area (TPSA) is 56.7 Å². The lowest BCUT2D eigenvalue weighted by molar-refractivity contribution is 0.661. The van der Waals surface area contributed by atoms with Crippen molar-refractivity contribution in [3.8, 4) is 62.1 Å². The van der Waals surface area contributed by atoms with E-state index in [1.807, 2.05) is 48.5 Å². The molecule has 0 amide bonds. The molecule has 1 aliphatic carbocycles. The number of para-hydroxylation sites is 2. The largest absolute Gasteiger partial charge is 0.455 e. The zero-order chi connectivity index (χ0) is 39.2. The Labute approximate surface area is 340 Å². The van der Waals surface area contributed by atoms with Gasteiger partial charge in [0.05, 0.1) is 27.7 Å². The number of hydrogen-bond acceptors (Lipinski definition) is 4. The van der Waals surface area contributed by atoms with E-state index < -0.39 is 0 Å². The molecule has 5 nitrogen and oxygen atoms in total. The minimum absolute atomic E-state index is 0.106. The number of benzene rings is 8. The molecule has 0 saturated heterocycles. The number of furan rings is 1. The van der Waals surface area contributed by atoms with E-state index in [0.717, 1.165) is 66.5 Å². The second-order valence-corrected chi connectivity index (χ2v) is 16.0. The van der Waals surface area contributed by atoms with Gasteiger partial charge in [-0.15, -0.1) is 0 Å². The first-order chi connectivity index (χ1) is 29.0. The highest BCUT2D eigenvalue weighted by Gasteiger charge is 2.37. The van der Waals surface area contributed by atoms with E-state index >= 15 is 0 Å². The summed E-state index contributed by atoms with van der Waals surface area (Å²) in [5.41, 5.74) is 15.1. The van der Waals surface area contributed by atoms with Crippen LogP contribution in [0.1, 0.15) is 25.0 Å². The molecule has 1 aliphatic rings. The Hall–Kier alpha value is -7.63. The van der Waals surface area contributed by atoms with Crippen LogP contribution in [0.4, 0.5) is 0 Å². The molecule has 3 heterocycles. The van der Waals surface area contributed by atoms with Crippen molar-refractivity contribution in [2.75, 3.05) is 0 Å². The Morgan fingerprint density at radius 3 is 1.80 bits per heavy atom. The van der Waals surface area contributed by atoms with Crippen LogP contribution in [0.25, 0.3) is 106 Å². The van der Waals surface area contributed by atoms with Gasteiger partial charge >= 0.3 is 0 Å². The van der Waals surface area contributed by atoms with Crippen LogP contribution in [-0.4, -0.2) is 19.5 Å². The highest BCUT2D eigenvalue weighted by atomic mass is 16.3. The van der Waals surface area contributed by atoms with Crippen molar-refractivity contribution in [1.82, 2.24) is 19.5 Å².